The van der Waals surface area contributed by atoms with E-state index >= 15 is 0 Å². The second-order valence-electron chi connectivity index (χ2n) is 5.40. The zero-order valence-corrected chi connectivity index (χ0v) is 12.1. The topological polar surface area (TPSA) is 58.4 Å². The molecule has 1 aromatic rings. The fraction of sp³-hybridized carbons (Fsp3) is 0.562. The van der Waals surface area contributed by atoms with Gasteiger partial charge >= 0.3 is 0 Å². The fourth-order valence-electron chi connectivity index (χ4n) is 2.73. The van der Waals surface area contributed by atoms with Crippen molar-refractivity contribution in [2.24, 2.45) is 5.73 Å². The van der Waals surface area contributed by atoms with Gasteiger partial charge in [-0.2, -0.15) is 0 Å². The van der Waals surface area contributed by atoms with Crippen molar-refractivity contribution in [2.45, 2.75) is 38.3 Å². The summed E-state index contributed by atoms with van der Waals surface area (Å²) in [6.45, 7) is 3.17. The molecule has 1 aliphatic rings. The Kier molecular flexibility index (Phi) is 6.02. The van der Waals surface area contributed by atoms with Crippen LogP contribution in [0.1, 0.15) is 31.2 Å². The molecule has 1 unspecified atom stereocenters. The normalized spacial score (nSPS) is 19.7. The number of hydrogen-bond acceptors (Lipinski definition) is 3. The van der Waals surface area contributed by atoms with Crippen molar-refractivity contribution in [1.82, 2.24) is 10.2 Å². The third-order valence-corrected chi connectivity index (χ3v) is 3.82. The maximum absolute atomic E-state index is 12.2. The third kappa shape index (κ3) is 4.32. The van der Waals surface area contributed by atoms with Gasteiger partial charge in [-0.3, -0.25) is 9.69 Å². The molecule has 1 amide bonds. The number of amides is 1. The predicted molar refractivity (Wildman–Crippen MR) is 81.2 cm³/mol. The highest BCUT2D eigenvalue weighted by Crippen LogP contribution is 2.16. The van der Waals surface area contributed by atoms with E-state index in [1.54, 1.807) is 0 Å². The van der Waals surface area contributed by atoms with Crippen LogP contribution in [0.15, 0.2) is 30.3 Å². The fourth-order valence-corrected chi connectivity index (χ4v) is 2.73. The van der Waals surface area contributed by atoms with Crippen molar-refractivity contribution < 1.29 is 4.79 Å². The largest absolute Gasteiger partial charge is 0.355 e. The highest BCUT2D eigenvalue weighted by Gasteiger charge is 2.26. The zero-order valence-electron chi connectivity index (χ0n) is 12.1. The van der Waals surface area contributed by atoms with E-state index in [0.717, 1.165) is 45.3 Å². The summed E-state index contributed by atoms with van der Waals surface area (Å²) >= 11 is 0. The summed E-state index contributed by atoms with van der Waals surface area (Å²) in [6.07, 6.45) is 4.06. The number of carbonyl (C=O) groups excluding carboxylic acids is 1. The van der Waals surface area contributed by atoms with Crippen LogP contribution in [0.2, 0.25) is 0 Å². The Hall–Kier alpha value is -1.39. The molecular weight excluding hydrogens is 250 g/mol. The maximum atomic E-state index is 12.2. The van der Waals surface area contributed by atoms with Crippen LogP contribution in [-0.2, 0) is 11.3 Å². The molecule has 0 aromatic heterocycles. The summed E-state index contributed by atoms with van der Waals surface area (Å²) < 4.78 is 0. The molecule has 4 nitrogen and oxygen atoms in total. The standard InChI is InChI=1S/C16H25N3O/c17-10-6-12-19(13-14-7-2-1-3-8-14)15-9-4-5-11-18-16(15)20/h1-3,7-8,15H,4-6,9-13,17H2,(H,18,20). The number of nitrogens with two attached hydrogens (primary N) is 1. The quantitative estimate of drug-likeness (QED) is 0.827. The van der Waals surface area contributed by atoms with Gasteiger partial charge in [0, 0.05) is 19.6 Å². The van der Waals surface area contributed by atoms with Gasteiger partial charge in [0.15, 0.2) is 0 Å². The Labute approximate surface area is 121 Å². The number of rotatable bonds is 6. The Morgan fingerprint density at radius 2 is 2.05 bits per heavy atom. The molecule has 1 aliphatic heterocycles. The molecule has 0 aliphatic carbocycles. The van der Waals surface area contributed by atoms with Crippen LogP contribution < -0.4 is 11.1 Å². The number of benzene rings is 1. The molecule has 0 bridgehead atoms. The molecule has 4 heteroatoms. The zero-order chi connectivity index (χ0) is 14.2. The number of nitrogens with zero attached hydrogens (tertiary/aromatic N) is 1. The van der Waals surface area contributed by atoms with Gasteiger partial charge in [0.25, 0.3) is 0 Å². The van der Waals surface area contributed by atoms with Gasteiger partial charge in [-0.15, -0.1) is 0 Å². The SMILES string of the molecule is NCCCN(Cc1ccccc1)C1CCCCNC1=O. The van der Waals surface area contributed by atoms with E-state index in [2.05, 4.69) is 22.3 Å². The van der Waals surface area contributed by atoms with Crippen LogP contribution in [0.4, 0.5) is 0 Å². The summed E-state index contributed by atoms with van der Waals surface area (Å²) in [5.74, 6) is 0.176. The Morgan fingerprint density at radius 1 is 1.25 bits per heavy atom. The number of hydrogen-bond donors (Lipinski definition) is 2. The lowest BCUT2D eigenvalue weighted by Gasteiger charge is -2.29. The first-order chi connectivity index (χ1) is 9.81. The summed E-state index contributed by atoms with van der Waals surface area (Å²) in [4.78, 5) is 14.5. The summed E-state index contributed by atoms with van der Waals surface area (Å²) in [7, 11) is 0. The summed E-state index contributed by atoms with van der Waals surface area (Å²) in [6, 6.07) is 10.3. The average molecular weight is 275 g/mol. The molecular formula is C16H25N3O. The van der Waals surface area contributed by atoms with E-state index in [9.17, 15) is 4.79 Å². The van der Waals surface area contributed by atoms with E-state index in [1.807, 2.05) is 18.2 Å². The van der Waals surface area contributed by atoms with Crippen molar-refractivity contribution in [3.05, 3.63) is 35.9 Å². The lowest BCUT2D eigenvalue weighted by molar-refractivity contribution is -0.126. The Morgan fingerprint density at radius 3 is 2.80 bits per heavy atom. The molecule has 1 saturated heterocycles. The highest BCUT2D eigenvalue weighted by molar-refractivity contribution is 5.81. The third-order valence-electron chi connectivity index (χ3n) is 3.82. The highest BCUT2D eigenvalue weighted by atomic mass is 16.2. The summed E-state index contributed by atoms with van der Waals surface area (Å²) in [5.41, 5.74) is 6.89. The molecule has 20 heavy (non-hydrogen) atoms. The monoisotopic (exact) mass is 275 g/mol. The van der Waals surface area contributed by atoms with Gasteiger partial charge in [0.1, 0.15) is 0 Å². The van der Waals surface area contributed by atoms with E-state index in [4.69, 9.17) is 5.73 Å². The lowest BCUT2D eigenvalue weighted by Crippen LogP contribution is -2.46. The smallest absolute Gasteiger partial charge is 0.237 e. The van der Waals surface area contributed by atoms with Crippen LogP contribution in [0, 0.1) is 0 Å². The van der Waals surface area contributed by atoms with Crippen LogP contribution in [0.25, 0.3) is 0 Å². The number of nitrogens with one attached hydrogen (secondary N) is 1. The van der Waals surface area contributed by atoms with Crippen molar-refractivity contribution in [1.29, 1.82) is 0 Å². The second-order valence-corrected chi connectivity index (χ2v) is 5.40. The molecule has 2 rings (SSSR count). The molecule has 1 heterocycles. The minimum Gasteiger partial charge on any atom is -0.355 e. The Balaban J connectivity index is 2.07. The average Bonchev–Trinajstić information content (AvgIpc) is 2.69. The molecule has 1 atom stereocenters. The van der Waals surface area contributed by atoms with Gasteiger partial charge in [-0.25, -0.2) is 0 Å². The molecule has 3 N–H and O–H groups in total. The van der Waals surface area contributed by atoms with Crippen LogP contribution in [0.3, 0.4) is 0 Å². The van der Waals surface area contributed by atoms with Crippen LogP contribution >= 0.6 is 0 Å². The molecule has 0 radical (unpaired) electrons. The van der Waals surface area contributed by atoms with E-state index in [-0.39, 0.29) is 11.9 Å². The van der Waals surface area contributed by atoms with Crippen molar-refractivity contribution in [3.8, 4) is 0 Å². The molecule has 0 spiro atoms. The Bertz CT molecular complexity index is 407. The first-order valence-electron chi connectivity index (χ1n) is 7.57. The lowest BCUT2D eigenvalue weighted by atomic mass is 10.1. The van der Waals surface area contributed by atoms with E-state index in [0.29, 0.717) is 6.54 Å². The minimum absolute atomic E-state index is 0.00995. The van der Waals surface area contributed by atoms with Crippen LogP contribution in [-0.4, -0.2) is 36.5 Å². The molecule has 0 saturated carbocycles. The molecule has 1 fully saturated rings. The van der Waals surface area contributed by atoms with E-state index in [1.165, 1.54) is 5.56 Å². The van der Waals surface area contributed by atoms with Crippen LogP contribution in [0.5, 0.6) is 0 Å². The molecule has 1 aromatic carbocycles. The van der Waals surface area contributed by atoms with Gasteiger partial charge in [0.2, 0.25) is 5.91 Å². The van der Waals surface area contributed by atoms with E-state index < -0.39 is 0 Å². The number of carbonyl (C=O) groups is 1. The predicted octanol–water partition coefficient (Wildman–Crippen LogP) is 1.51. The van der Waals surface area contributed by atoms with Gasteiger partial charge in [-0.05, 0) is 37.8 Å². The van der Waals surface area contributed by atoms with Gasteiger partial charge < -0.3 is 11.1 Å². The minimum atomic E-state index is -0.00995. The summed E-state index contributed by atoms with van der Waals surface area (Å²) in [5, 5.41) is 3.03. The second kappa shape index (κ2) is 8.02. The first kappa shape index (κ1) is 15.0. The van der Waals surface area contributed by atoms with Crippen molar-refractivity contribution >= 4 is 5.91 Å². The molecule has 110 valence electrons. The van der Waals surface area contributed by atoms with Crippen molar-refractivity contribution in [2.75, 3.05) is 19.6 Å². The van der Waals surface area contributed by atoms with Gasteiger partial charge in [0.05, 0.1) is 6.04 Å². The maximum Gasteiger partial charge on any atom is 0.237 e. The van der Waals surface area contributed by atoms with Crippen molar-refractivity contribution in [3.63, 3.8) is 0 Å². The van der Waals surface area contributed by atoms with Gasteiger partial charge in [-0.1, -0.05) is 30.3 Å². The first-order valence-corrected chi connectivity index (χ1v) is 7.57.